The van der Waals surface area contributed by atoms with Crippen molar-refractivity contribution in [3.8, 4) is 11.8 Å². The van der Waals surface area contributed by atoms with Crippen LogP contribution < -0.4 is 9.64 Å². The van der Waals surface area contributed by atoms with Gasteiger partial charge in [0.1, 0.15) is 17.5 Å². The molecule has 2 aromatic carbocycles. The van der Waals surface area contributed by atoms with Crippen LogP contribution in [0.2, 0.25) is 0 Å². The highest BCUT2D eigenvalue weighted by molar-refractivity contribution is 5.84. The Morgan fingerprint density at radius 1 is 1.09 bits per heavy atom. The number of fused-ring (bicyclic) bond motifs is 1. The van der Waals surface area contributed by atoms with Crippen LogP contribution in [0.4, 0.5) is 5.69 Å². The zero-order valence-corrected chi connectivity index (χ0v) is 18.5. The minimum atomic E-state index is 0.119. The summed E-state index contributed by atoms with van der Waals surface area (Å²) in [7, 11) is 3.53. The Morgan fingerprint density at radius 2 is 1.84 bits per heavy atom. The Bertz CT molecular complexity index is 1130. The number of ether oxygens (including phenoxy) is 1. The number of pyridine rings is 1. The molecule has 0 saturated carbocycles. The average Bonchev–Trinajstić information content (AvgIpc) is 2.84. The van der Waals surface area contributed by atoms with E-state index in [0.717, 1.165) is 54.0 Å². The van der Waals surface area contributed by atoms with Crippen molar-refractivity contribution in [1.29, 1.82) is 5.26 Å². The molecule has 4 rings (SSSR count). The highest BCUT2D eigenvalue weighted by Gasteiger charge is 2.21. The van der Waals surface area contributed by atoms with Crippen molar-refractivity contribution < 1.29 is 9.53 Å². The van der Waals surface area contributed by atoms with Gasteiger partial charge >= 0.3 is 0 Å². The number of anilines is 1. The quantitative estimate of drug-likeness (QED) is 0.600. The summed E-state index contributed by atoms with van der Waals surface area (Å²) in [4.78, 5) is 23.2. The standard InChI is InChI=1S/C25H27N5O2/c1-28(17-19-3-4-21-14-24(32-2)8-5-20(21)13-19)25(31)18-29-9-11-30(12-10-29)23-7-6-22(15-26)27-16-23/h3-8,13-14,16H,9-12,17-18H2,1-2H3. The van der Waals surface area contributed by atoms with Gasteiger partial charge in [0.25, 0.3) is 0 Å². The predicted octanol–water partition coefficient (Wildman–Crippen LogP) is 2.90. The molecule has 1 saturated heterocycles. The molecule has 0 atom stereocenters. The van der Waals surface area contributed by atoms with E-state index in [1.54, 1.807) is 24.3 Å². The van der Waals surface area contributed by atoms with Crippen LogP contribution in [0.1, 0.15) is 11.3 Å². The zero-order valence-electron chi connectivity index (χ0n) is 18.5. The minimum absolute atomic E-state index is 0.119. The fourth-order valence-corrected chi connectivity index (χ4v) is 3.98. The van der Waals surface area contributed by atoms with Crippen molar-refractivity contribution in [2.24, 2.45) is 0 Å². The average molecular weight is 430 g/mol. The summed E-state index contributed by atoms with van der Waals surface area (Å²) in [5.41, 5.74) is 2.55. The van der Waals surface area contributed by atoms with Gasteiger partial charge in [0, 0.05) is 39.8 Å². The molecule has 2 heterocycles. The van der Waals surface area contributed by atoms with E-state index in [0.29, 0.717) is 18.8 Å². The van der Waals surface area contributed by atoms with Gasteiger partial charge in [-0.25, -0.2) is 4.98 Å². The molecule has 1 aromatic heterocycles. The van der Waals surface area contributed by atoms with E-state index in [2.05, 4.69) is 33.0 Å². The van der Waals surface area contributed by atoms with Crippen LogP contribution in [0, 0.1) is 11.3 Å². The van der Waals surface area contributed by atoms with Gasteiger partial charge in [0.05, 0.1) is 25.5 Å². The first-order valence-corrected chi connectivity index (χ1v) is 10.7. The normalized spacial score (nSPS) is 14.2. The first-order valence-electron chi connectivity index (χ1n) is 10.7. The minimum Gasteiger partial charge on any atom is -0.497 e. The molecule has 0 bridgehead atoms. The second-order valence-corrected chi connectivity index (χ2v) is 8.07. The number of carbonyl (C=O) groups is 1. The van der Waals surface area contributed by atoms with E-state index >= 15 is 0 Å². The van der Waals surface area contributed by atoms with Crippen molar-refractivity contribution in [1.82, 2.24) is 14.8 Å². The molecular weight excluding hydrogens is 402 g/mol. The topological polar surface area (TPSA) is 72.7 Å². The van der Waals surface area contributed by atoms with E-state index in [1.807, 2.05) is 37.4 Å². The summed E-state index contributed by atoms with van der Waals surface area (Å²) in [6, 6.07) is 18.0. The number of piperazine rings is 1. The third-order valence-corrected chi connectivity index (χ3v) is 5.92. The van der Waals surface area contributed by atoms with Gasteiger partial charge in [-0.15, -0.1) is 0 Å². The number of nitrogens with zero attached hydrogens (tertiary/aromatic N) is 5. The number of hydrogen-bond acceptors (Lipinski definition) is 6. The van der Waals surface area contributed by atoms with Crippen molar-refractivity contribution in [3.05, 3.63) is 66.0 Å². The molecule has 0 N–H and O–H groups in total. The third kappa shape index (κ3) is 4.98. The highest BCUT2D eigenvalue weighted by Crippen LogP contribution is 2.22. The smallest absolute Gasteiger partial charge is 0.236 e. The van der Waals surface area contributed by atoms with Crippen molar-refractivity contribution in [2.45, 2.75) is 6.54 Å². The van der Waals surface area contributed by atoms with Gasteiger partial charge in [-0.05, 0) is 46.7 Å². The van der Waals surface area contributed by atoms with Gasteiger partial charge in [-0.3, -0.25) is 9.69 Å². The Balaban J connectivity index is 1.29. The van der Waals surface area contributed by atoms with E-state index in [4.69, 9.17) is 10.00 Å². The van der Waals surface area contributed by atoms with Crippen LogP contribution in [0.5, 0.6) is 5.75 Å². The first-order chi connectivity index (χ1) is 15.6. The number of likely N-dealkylation sites (N-methyl/N-ethyl adjacent to an activating group) is 1. The van der Waals surface area contributed by atoms with Gasteiger partial charge in [-0.1, -0.05) is 18.2 Å². The maximum Gasteiger partial charge on any atom is 0.236 e. The van der Waals surface area contributed by atoms with Crippen LogP contribution in [0.3, 0.4) is 0 Å². The van der Waals surface area contributed by atoms with E-state index in [1.165, 1.54) is 0 Å². The Labute approximate surface area is 188 Å². The monoisotopic (exact) mass is 429 g/mol. The lowest BCUT2D eigenvalue weighted by atomic mass is 10.1. The fraction of sp³-hybridized carbons (Fsp3) is 0.320. The number of hydrogen-bond donors (Lipinski definition) is 0. The summed E-state index contributed by atoms with van der Waals surface area (Å²) in [5, 5.41) is 11.1. The van der Waals surface area contributed by atoms with Crippen LogP contribution in [0.15, 0.2) is 54.7 Å². The molecule has 1 fully saturated rings. The predicted molar refractivity (Wildman–Crippen MR) is 125 cm³/mol. The maximum absolute atomic E-state index is 12.8. The molecule has 1 amide bonds. The zero-order chi connectivity index (χ0) is 22.5. The molecule has 7 heteroatoms. The van der Waals surface area contributed by atoms with Crippen molar-refractivity contribution in [2.75, 3.05) is 51.8 Å². The number of methoxy groups -OCH3 is 1. The molecular formula is C25H27N5O2. The molecule has 32 heavy (non-hydrogen) atoms. The fourth-order valence-electron chi connectivity index (χ4n) is 3.98. The molecule has 0 aliphatic carbocycles. The lowest BCUT2D eigenvalue weighted by Gasteiger charge is -2.36. The summed E-state index contributed by atoms with van der Waals surface area (Å²) in [6.45, 7) is 4.30. The summed E-state index contributed by atoms with van der Waals surface area (Å²) in [6.07, 6.45) is 1.74. The molecule has 1 aliphatic rings. The van der Waals surface area contributed by atoms with Crippen LogP contribution >= 0.6 is 0 Å². The summed E-state index contributed by atoms with van der Waals surface area (Å²) >= 11 is 0. The van der Waals surface area contributed by atoms with Gasteiger partial charge < -0.3 is 14.5 Å². The molecule has 0 unspecified atom stereocenters. The number of carbonyl (C=O) groups excluding carboxylic acids is 1. The number of aromatic nitrogens is 1. The van der Waals surface area contributed by atoms with Gasteiger partial charge in [0.15, 0.2) is 0 Å². The van der Waals surface area contributed by atoms with Crippen LogP contribution in [0.25, 0.3) is 10.8 Å². The molecule has 0 spiro atoms. The Morgan fingerprint density at radius 3 is 2.53 bits per heavy atom. The van der Waals surface area contributed by atoms with Gasteiger partial charge in [0.2, 0.25) is 5.91 Å². The molecule has 3 aromatic rings. The Hall–Kier alpha value is -3.63. The summed E-state index contributed by atoms with van der Waals surface area (Å²) in [5.74, 6) is 0.960. The number of nitriles is 1. The Kier molecular flexibility index (Phi) is 6.52. The second kappa shape index (κ2) is 9.67. The molecule has 0 radical (unpaired) electrons. The van der Waals surface area contributed by atoms with Crippen LogP contribution in [-0.2, 0) is 11.3 Å². The van der Waals surface area contributed by atoms with Crippen molar-refractivity contribution >= 4 is 22.4 Å². The van der Waals surface area contributed by atoms with E-state index < -0.39 is 0 Å². The number of benzene rings is 2. The van der Waals surface area contributed by atoms with Crippen molar-refractivity contribution in [3.63, 3.8) is 0 Å². The maximum atomic E-state index is 12.8. The lowest BCUT2D eigenvalue weighted by molar-refractivity contribution is -0.131. The SMILES string of the molecule is COc1ccc2cc(CN(C)C(=O)CN3CCN(c4ccc(C#N)nc4)CC3)ccc2c1. The summed E-state index contributed by atoms with van der Waals surface area (Å²) < 4.78 is 5.29. The number of rotatable bonds is 6. The second-order valence-electron chi connectivity index (χ2n) is 8.07. The van der Waals surface area contributed by atoms with Crippen LogP contribution in [-0.4, -0.2) is 67.6 Å². The largest absolute Gasteiger partial charge is 0.497 e. The molecule has 1 aliphatic heterocycles. The molecule has 164 valence electrons. The lowest BCUT2D eigenvalue weighted by Crippen LogP contribution is -2.49. The van der Waals surface area contributed by atoms with Gasteiger partial charge in [-0.2, -0.15) is 5.26 Å². The van der Waals surface area contributed by atoms with E-state index in [-0.39, 0.29) is 5.91 Å². The van der Waals surface area contributed by atoms with E-state index in [9.17, 15) is 4.79 Å². The first kappa shape index (κ1) is 21.6. The highest BCUT2D eigenvalue weighted by atomic mass is 16.5. The molecule has 7 nitrogen and oxygen atoms in total. The number of amides is 1. The third-order valence-electron chi connectivity index (χ3n) is 5.92.